The molecule has 9 heteroatoms. The molecule has 0 spiro atoms. The Morgan fingerprint density at radius 1 is 1.33 bits per heavy atom. The van der Waals surface area contributed by atoms with Crippen molar-refractivity contribution in [1.29, 1.82) is 5.26 Å². The second-order valence-electron chi connectivity index (χ2n) is 5.34. The van der Waals surface area contributed by atoms with Crippen LogP contribution in [0.2, 0.25) is 5.02 Å². The van der Waals surface area contributed by atoms with Crippen LogP contribution in [0.3, 0.4) is 0 Å². The SMILES string of the molecule is COc1ccc(Cl)cc1-c1nc(SCC(=O)Nc2ccc(C#N)cc2)n[nH]1. The molecule has 0 aliphatic carbocycles. The molecule has 0 aliphatic rings. The van der Waals surface area contributed by atoms with Crippen molar-refractivity contribution in [1.82, 2.24) is 15.2 Å². The van der Waals surface area contributed by atoms with Crippen molar-refractivity contribution in [2.45, 2.75) is 5.16 Å². The second-order valence-corrected chi connectivity index (χ2v) is 6.72. The third-order valence-corrected chi connectivity index (χ3v) is 4.59. The van der Waals surface area contributed by atoms with Gasteiger partial charge >= 0.3 is 0 Å². The van der Waals surface area contributed by atoms with Gasteiger partial charge in [-0.3, -0.25) is 9.89 Å². The van der Waals surface area contributed by atoms with Crippen LogP contribution in [0.5, 0.6) is 5.75 Å². The van der Waals surface area contributed by atoms with Crippen molar-refractivity contribution in [3.63, 3.8) is 0 Å². The predicted octanol–water partition coefficient (Wildman–Crippen LogP) is 3.74. The highest BCUT2D eigenvalue weighted by Gasteiger charge is 2.13. The van der Waals surface area contributed by atoms with Crippen LogP contribution < -0.4 is 10.1 Å². The summed E-state index contributed by atoms with van der Waals surface area (Å²) in [5.74, 6) is 1.07. The Morgan fingerprint density at radius 2 is 2.11 bits per heavy atom. The summed E-state index contributed by atoms with van der Waals surface area (Å²) in [6, 6.07) is 13.9. The number of nitriles is 1. The summed E-state index contributed by atoms with van der Waals surface area (Å²) in [5, 5.41) is 19.5. The Hall–Kier alpha value is -3.02. The molecule has 136 valence electrons. The number of aromatic amines is 1. The highest BCUT2D eigenvalue weighted by molar-refractivity contribution is 7.99. The highest BCUT2D eigenvalue weighted by atomic mass is 35.5. The summed E-state index contributed by atoms with van der Waals surface area (Å²) in [6.07, 6.45) is 0. The van der Waals surface area contributed by atoms with Gasteiger partial charge in [0.15, 0.2) is 5.82 Å². The molecule has 3 aromatic rings. The minimum absolute atomic E-state index is 0.143. The van der Waals surface area contributed by atoms with Crippen molar-refractivity contribution < 1.29 is 9.53 Å². The molecule has 7 nitrogen and oxygen atoms in total. The van der Waals surface area contributed by atoms with Crippen LogP contribution >= 0.6 is 23.4 Å². The van der Waals surface area contributed by atoms with Gasteiger partial charge in [0.2, 0.25) is 11.1 Å². The van der Waals surface area contributed by atoms with E-state index in [9.17, 15) is 4.79 Å². The number of benzene rings is 2. The molecule has 1 aromatic heterocycles. The van der Waals surface area contributed by atoms with Gasteiger partial charge < -0.3 is 10.1 Å². The number of methoxy groups -OCH3 is 1. The molecule has 3 rings (SSSR count). The van der Waals surface area contributed by atoms with E-state index in [1.807, 2.05) is 6.07 Å². The summed E-state index contributed by atoms with van der Waals surface area (Å²) < 4.78 is 5.31. The second kappa shape index (κ2) is 8.58. The normalized spacial score (nSPS) is 10.3. The number of amides is 1. The molecule has 0 unspecified atom stereocenters. The van der Waals surface area contributed by atoms with Gasteiger partial charge in [-0.15, -0.1) is 5.10 Å². The third kappa shape index (κ3) is 4.78. The Balaban J connectivity index is 1.62. The summed E-state index contributed by atoms with van der Waals surface area (Å²) in [6.45, 7) is 0. The zero-order valence-electron chi connectivity index (χ0n) is 14.2. The molecule has 0 saturated carbocycles. The average Bonchev–Trinajstić information content (AvgIpc) is 3.16. The van der Waals surface area contributed by atoms with Gasteiger partial charge in [-0.1, -0.05) is 23.4 Å². The van der Waals surface area contributed by atoms with Crippen LogP contribution in [0, 0.1) is 11.3 Å². The Kier molecular flexibility index (Phi) is 5.96. The van der Waals surface area contributed by atoms with Crippen molar-refractivity contribution in [2.75, 3.05) is 18.2 Å². The maximum Gasteiger partial charge on any atom is 0.234 e. The van der Waals surface area contributed by atoms with Gasteiger partial charge in [-0.25, -0.2) is 4.98 Å². The van der Waals surface area contributed by atoms with E-state index in [4.69, 9.17) is 21.6 Å². The van der Waals surface area contributed by atoms with E-state index < -0.39 is 0 Å². The molecular weight excluding hydrogens is 386 g/mol. The Bertz CT molecular complexity index is 998. The lowest BCUT2D eigenvalue weighted by Crippen LogP contribution is -2.14. The van der Waals surface area contributed by atoms with Crippen LogP contribution in [-0.2, 0) is 4.79 Å². The molecule has 0 bridgehead atoms. The summed E-state index contributed by atoms with van der Waals surface area (Å²) >= 11 is 7.23. The number of nitrogens with one attached hydrogen (secondary N) is 2. The zero-order valence-corrected chi connectivity index (χ0v) is 15.8. The fraction of sp³-hybridized carbons (Fsp3) is 0.111. The minimum atomic E-state index is -0.198. The molecule has 2 N–H and O–H groups in total. The number of halogens is 1. The van der Waals surface area contributed by atoms with Gasteiger partial charge in [0.1, 0.15) is 5.75 Å². The Morgan fingerprint density at radius 3 is 2.81 bits per heavy atom. The first-order valence-corrected chi connectivity index (χ1v) is 9.14. The van der Waals surface area contributed by atoms with Crippen LogP contribution in [0.4, 0.5) is 5.69 Å². The topological polar surface area (TPSA) is 104 Å². The van der Waals surface area contributed by atoms with E-state index in [1.165, 1.54) is 11.8 Å². The summed E-state index contributed by atoms with van der Waals surface area (Å²) in [4.78, 5) is 16.4. The van der Waals surface area contributed by atoms with E-state index in [1.54, 1.807) is 49.6 Å². The minimum Gasteiger partial charge on any atom is -0.496 e. The number of hydrogen-bond acceptors (Lipinski definition) is 6. The lowest BCUT2D eigenvalue weighted by Gasteiger charge is -2.05. The smallest absolute Gasteiger partial charge is 0.234 e. The van der Waals surface area contributed by atoms with Crippen molar-refractivity contribution in [2.24, 2.45) is 0 Å². The monoisotopic (exact) mass is 399 g/mol. The number of carbonyl (C=O) groups is 1. The van der Waals surface area contributed by atoms with Gasteiger partial charge in [0, 0.05) is 10.7 Å². The van der Waals surface area contributed by atoms with E-state index in [0.717, 1.165) is 0 Å². The van der Waals surface area contributed by atoms with E-state index in [2.05, 4.69) is 20.5 Å². The maximum absolute atomic E-state index is 12.1. The molecule has 0 atom stereocenters. The van der Waals surface area contributed by atoms with E-state index in [-0.39, 0.29) is 11.7 Å². The van der Waals surface area contributed by atoms with Gasteiger partial charge in [-0.05, 0) is 42.5 Å². The maximum atomic E-state index is 12.1. The number of ether oxygens (including phenoxy) is 1. The van der Waals surface area contributed by atoms with Crippen molar-refractivity contribution in [3.8, 4) is 23.2 Å². The van der Waals surface area contributed by atoms with Crippen LogP contribution in [0.15, 0.2) is 47.6 Å². The van der Waals surface area contributed by atoms with Gasteiger partial charge in [0.25, 0.3) is 0 Å². The molecule has 0 radical (unpaired) electrons. The number of thioether (sulfide) groups is 1. The fourth-order valence-corrected chi connectivity index (χ4v) is 3.02. The van der Waals surface area contributed by atoms with E-state index in [0.29, 0.717) is 38.6 Å². The van der Waals surface area contributed by atoms with Gasteiger partial charge in [0.05, 0.1) is 30.1 Å². The third-order valence-electron chi connectivity index (χ3n) is 3.51. The number of nitrogens with zero attached hydrogens (tertiary/aromatic N) is 3. The number of aromatic nitrogens is 3. The van der Waals surface area contributed by atoms with Crippen LogP contribution in [0.1, 0.15) is 5.56 Å². The predicted molar refractivity (Wildman–Crippen MR) is 104 cm³/mol. The zero-order chi connectivity index (χ0) is 19.2. The first-order chi connectivity index (χ1) is 13.1. The molecular formula is C18H14ClN5O2S. The Labute approximate surface area is 164 Å². The van der Waals surface area contributed by atoms with Crippen LogP contribution in [0.25, 0.3) is 11.4 Å². The number of anilines is 1. The molecule has 2 aromatic carbocycles. The number of carbonyl (C=O) groups excluding carboxylic acids is 1. The number of hydrogen-bond donors (Lipinski definition) is 2. The first-order valence-electron chi connectivity index (χ1n) is 7.78. The molecule has 1 amide bonds. The molecule has 0 fully saturated rings. The molecule has 0 aliphatic heterocycles. The summed E-state index contributed by atoms with van der Waals surface area (Å²) in [5.41, 5.74) is 1.84. The average molecular weight is 400 g/mol. The highest BCUT2D eigenvalue weighted by Crippen LogP contribution is 2.31. The van der Waals surface area contributed by atoms with E-state index >= 15 is 0 Å². The van der Waals surface area contributed by atoms with Crippen LogP contribution in [-0.4, -0.2) is 34.0 Å². The largest absolute Gasteiger partial charge is 0.496 e. The fourth-order valence-electron chi connectivity index (χ4n) is 2.25. The number of rotatable bonds is 6. The molecule has 1 heterocycles. The van der Waals surface area contributed by atoms with Crippen molar-refractivity contribution in [3.05, 3.63) is 53.1 Å². The molecule has 27 heavy (non-hydrogen) atoms. The van der Waals surface area contributed by atoms with Gasteiger partial charge in [-0.2, -0.15) is 5.26 Å². The lowest BCUT2D eigenvalue weighted by atomic mass is 10.2. The quantitative estimate of drug-likeness (QED) is 0.612. The first kappa shape index (κ1) is 18.8. The standard InChI is InChI=1S/C18H14ClN5O2S/c1-26-15-7-4-12(19)8-14(15)17-22-18(24-23-17)27-10-16(25)21-13-5-2-11(9-20)3-6-13/h2-8H,10H2,1H3,(H,21,25)(H,22,23,24). The summed E-state index contributed by atoms with van der Waals surface area (Å²) in [7, 11) is 1.56. The number of H-pyrrole nitrogens is 1. The molecule has 0 saturated heterocycles. The lowest BCUT2D eigenvalue weighted by molar-refractivity contribution is -0.113. The van der Waals surface area contributed by atoms with Crippen molar-refractivity contribution >= 4 is 35.0 Å².